The fourth-order valence-corrected chi connectivity index (χ4v) is 13.0. The second kappa shape index (κ2) is 72.5. The Hall–Kier alpha value is -1.80. The Morgan fingerprint density at radius 1 is 0.374 bits per heavy atom. The molecular weight excluding hydrogens is 1140 g/mol. The molecule has 91 heavy (non-hydrogen) atoms. The van der Waals surface area contributed by atoms with Gasteiger partial charge < -0.3 is 19.8 Å². The zero-order valence-electron chi connectivity index (χ0n) is 61.6. The number of aliphatic hydroxyl groups excluding tert-OH is 1. The summed E-state index contributed by atoms with van der Waals surface area (Å²) in [5.41, 5.74) is 0. The number of carbonyl (C=O) groups excluding carboxylic acids is 1. The first kappa shape index (κ1) is 89.2. The first-order valence-corrected chi connectivity index (χ1v) is 41.7. The van der Waals surface area contributed by atoms with E-state index in [9.17, 15) is 19.4 Å². The predicted molar refractivity (Wildman–Crippen MR) is 401 cm³/mol. The lowest BCUT2D eigenvalue weighted by Crippen LogP contribution is -2.45. The number of aliphatic hydroxyl groups is 1. The predicted octanol–water partition coefficient (Wildman–Crippen LogP) is 26.3. The number of likely N-dealkylation sites (N-methyl/N-ethyl adjacent to an activating group) is 1. The number of carbonyl (C=O) groups is 1. The summed E-state index contributed by atoms with van der Waals surface area (Å²) >= 11 is 0. The average molecular weight is 1300 g/mol. The van der Waals surface area contributed by atoms with Gasteiger partial charge in [-0.2, -0.15) is 0 Å². The molecule has 0 saturated heterocycles. The van der Waals surface area contributed by atoms with Crippen molar-refractivity contribution >= 4 is 13.7 Å². The Morgan fingerprint density at radius 2 is 0.637 bits per heavy atom. The maximum absolute atomic E-state index is 13.1. The summed E-state index contributed by atoms with van der Waals surface area (Å²) in [6.07, 6.45) is 101. The summed E-state index contributed by atoms with van der Waals surface area (Å²) < 4.78 is 23.9. The largest absolute Gasteiger partial charge is 0.472 e. The van der Waals surface area contributed by atoms with E-state index in [4.69, 9.17) is 9.05 Å². The number of nitrogens with one attached hydrogen (secondary N) is 1. The van der Waals surface area contributed by atoms with Crippen molar-refractivity contribution in [2.24, 2.45) is 0 Å². The molecular formula is C82H158N2O6P+. The molecule has 0 aromatic carbocycles. The molecule has 3 atom stereocenters. The number of quaternary nitrogens is 1. The Balaban J connectivity index is 3.97. The fraction of sp³-hybridized carbons (Fsp3) is 0.866. The number of amides is 1. The van der Waals surface area contributed by atoms with E-state index in [-0.39, 0.29) is 19.1 Å². The third kappa shape index (κ3) is 75.4. The van der Waals surface area contributed by atoms with Crippen molar-refractivity contribution in [3.8, 4) is 0 Å². The third-order valence-electron chi connectivity index (χ3n) is 18.5. The minimum Gasteiger partial charge on any atom is -0.387 e. The standard InChI is InChI=1S/C82H157N2O6P/c1-6-8-10-12-14-16-18-20-22-24-26-28-30-32-34-36-38-39-40-41-42-43-44-45-46-48-50-52-54-56-58-60-62-64-66-68-70-72-74-76-82(86)83-80(79-90-91(87,88)89-78-77-84(3,4)5)81(85)75-73-71-69-67-65-63-61-59-57-55-53-51-49-47-37-35-33-31-29-27-25-23-21-19-17-15-13-11-9-7-2/h18,20,24,26,30,32,65,67,73,75,80-81,85H,6-17,19,21-23,25,27-29,31,33-64,66,68-72,74,76-79H2,1-5H3,(H-,83,86,87,88)/p+1/b20-18-,26-24-,32-30-,67-65+,75-73+. The summed E-state index contributed by atoms with van der Waals surface area (Å²) in [7, 11) is 1.57. The molecule has 0 fully saturated rings. The summed E-state index contributed by atoms with van der Waals surface area (Å²) in [5.74, 6) is -0.179. The molecule has 0 aliphatic carbocycles. The number of hydrogen-bond donors (Lipinski definition) is 3. The van der Waals surface area contributed by atoms with Crippen LogP contribution in [0.2, 0.25) is 0 Å². The normalized spacial score (nSPS) is 13.8. The fourth-order valence-electron chi connectivity index (χ4n) is 12.2. The van der Waals surface area contributed by atoms with Crippen molar-refractivity contribution in [3.05, 3.63) is 60.8 Å². The van der Waals surface area contributed by atoms with Gasteiger partial charge in [0.15, 0.2) is 0 Å². The molecule has 9 heteroatoms. The minimum absolute atomic E-state index is 0.0572. The van der Waals surface area contributed by atoms with Gasteiger partial charge in [-0.15, -0.1) is 0 Å². The highest BCUT2D eigenvalue weighted by Crippen LogP contribution is 2.43. The summed E-state index contributed by atoms with van der Waals surface area (Å²) in [5, 5.41) is 14.0. The molecule has 536 valence electrons. The van der Waals surface area contributed by atoms with Crippen molar-refractivity contribution < 1.29 is 32.9 Å². The molecule has 0 saturated carbocycles. The van der Waals surface area contributed by atoms with Crippen LogP contribution in [0.4, 0.5) is 0 Å². The highest BCUT2D eigenvalue weighted by molar-refractivity contribution is 7.47. The van der Waals surface area contributed by atoms with Crippen molar-refractivity contribution in [3.63, 3.8) is 0 Å². The Bertz CT molecular complexity index is 1670. The highest BCUT2D eigenvalue weighted by Gasteiger charge is 2.28. The van der Waals surface area contributed by atoms with Crippen LogP contribution in [0.5, 0.6) is 0 Å². The van der Waals surface area contributed by atoms with Crippen LogP contribution >= 0.6 is 7.82 Å². The van der Waals surface area contributed by atoms with Crippen LogP contribution in [0.3, 0.4) is 0 Å². The Labute approximate surface area is 568 Å². The monoisotopic (exact) mass is 1300 g/mol. The molecule has 0 spiro atoms. The van der Waals surface area contributed by atoms with Crippen molar-refractivity contribution in [1.29, 1.82) is 0 Å². The van der Waals surface area contributed by atoms with Crippen molar-refractivity contribution in [2.45, 2.75) is 418 Å². The molecule has 0 aliphatic heterocycles. The molecule has 3 unspecified atom stereocenters. The molecule has 0 rings (SSSR count). The van der Waals surface area contributed by atoms with E-state index < -0.39 is 20.0 Å². The molecule has 1 amide bonds. The van der Waals surface area contributed by atoms with Gasteiger partial charge in [-0.05, 0) is 70.6 Å². The molecule has 0 aromatic rings. The van der Waals surface area contributed by atoms with Crippen LogP contribution in [0.1, 0.15) is 406 Å². The molecule has 0 aromatic heterocycles. The summed E-state index contributed by atoms with van der Waals surface area (Å²) in [4.78, 5) is 23.5. The number of hydrogen-bond acceptors (Lipinski definition) is 5. The number of nitrogens with zero attached hydrogens (tertiary/aromatic N) is 1. The van der Waals surface area contributed by atoms with Gasteiger partial charge in [0.2, 0.25) is 5.91 Å². The first-order valence-electron chi connectivity index (χ1n) is 40.2. The lowest BCUT2D eigenvalue weighted by molar-refractivity contribution is -0.870. The van der Waals surface area contributed by atoms with E-state index in [1.165, 1.54) is 334 Å². The van der Waals surface area contributed by atoms with Gasteiger partial charge in [-0.1, -0.05) is 389 Å². The van der Waals surface area contributed by atoms with Gasteiger partial charge in [0.05, 0.1) is 39.9 Å². The molecule has 0 bridgehead atoms. The first-order chi connectivity index (χ1) is 44.5. The topological polar surface area (TPSA) is 105 Å². The number of phosphoric ester groups is 1. The Kier molecular flexibility index (Phi) is 71.0. The third-order valence-corrected chi connectivity index (χ3v) is 19.4. The van der Waals surface area contributed by atoms with E-state index in [1.807, 2.05) is 27.2 Å². The van der Waals surface area contributed by atoms with Crippen LogP contribution < -0.4 is 5.32 Å². The average Bonchev–Trinajstić information content (AvgIpc) is 3.58. The second-order valence-electron chi connectivity index (χ2n) is 28.8. The van der Waals surface area contributed by atoms with Gasteiger partial charge in [-0.25, -0.2) is 4.57 Å². The van der Waals surface area contributed by atoms with E-state index in [0.29, 0.717) is 17.4 Å². The van der Waals surface area contributed by atoms with Gasteiger partial charge in [0.1, 0.15) is 13.2 Å². The second-order valence-corrected chi connectivity index (χ2v) is 30.2. The van der Waals surface area contributed by atoms with Gasteiger partial charge in [-0.3, -0.25) is 13.8 Å². The van der Waals surface area contributed by atoms with Gasteiger partial charge in [0.25, 0.3) is 0 Å². The number of rotatable bonds is 75. The van der Waals surface area contributed by atoms with Crippen LogP contribution in [0, 0.1) is 0 Å². The molecule has 0 aliphatic rings. The number of phosphoric acid groups is 1. The van der Waals surface area contributed by atoms with E-state index >= 15 is 0 Å². The van der Waals surface area contributed by atoms with Crippen molar-refractivity contribution in [2.75, 3.05) is 40.9 Å². The van der Waals surface area contributed by atoms with Crippen LogP contribution in [0.25, 0.3) is 0 Å². The van der Waals surface area contributed by atoms with E-state index in [1.54, 1.807) is 6.08 Å². The SMILES string of the molecule is CCCCCCC/C=C\C/C=C\C/C=C\CCCCCCCCCCCCCCCCCCCCCCCCCCC(=O)NC(COP(=O)(O)OCC[N+](C)(C)C)C(O)/C=C/CC/C=C/CCCCCCCCCCCCCCCCCCCCCCCCCC. The van der Waals surface area contributed by atoms with Gasteiger partial charge in [0, 0.05) is 6.42 Å². The van der Waals surface area contributed by atoms with Gasteiger partial charge >= 0.3 is 7.82 Å². The van der Waals surface area contributed by atoms with E-state index in [2.05, 4.69) is 67.8 Å². The zero-order valence-corrected chi connectivity index (χ0v) is 62.5. The highest BCUT2D eigenvalue weighted by atomic mass is 31.2. The maximum atomic E-state index is 13.1. The van der Waals surface area contributed by atoms with Crippen LogP contribution in [0.15, 0.2) is 60.8 Å². The quantitative estimate of drug-likeness (QED) is 0.0243. The molecule has 0 heterocycles. The zero-order chi connectivity index (χ0) is 66.2. The lowest BCUT2D eigenvalue weighted by Gasteiger charge is -2.25. The Morgan fingerprint density at radius 3 is 0.956 bits per heavy atom. The summed E-state index contributed by atoms with van der Waals surface area (Å²) in [6, 6.07) is -0.866. The maximum Gasteiger partial charge on any atom is 0.472 e. The minimum atomic E-state index is -4.37. The number of unbranched alkanes of at least 4 members (excludes halogenated alkanes) is 54. The van der Waals surface area contributed by atoms with Crippen LogP contribution in [-0.4, -0.2) is 73.4 Å². The molecule has 3 N–H and O–H groups in total. The number of allylic oxidation sites excluding steroid dienone is 9. The molecule has 0 radical (unpaired) electrons. The molecule has 8 nitrogen and oxygen atoms in total. The lowest BCUT2D eigenvalue weighted by atomic mass is 10.0. The van der Waals surface area contributed by atoms with Crippen LogP contribution in [-0.2, 0) is 18.4 Å². The smallest absolute Gasteiger partial charge is 0.387 e. The summed E-state index contributed by atoms with van der Waals surface area (Å²) in [6.45, 7) is 4.84. The van der Waals surface area contributed by atoms with Crippen molar-refractivity contribution in [1.82, 2.24) is 5.32 Å². The van der Waals surface area contributed by atoms with E-state index in [0.717, 1.165) is 51.4 Å².